The van der Waals surface area contributed by atoms with Crippen molar-refractivity contribution in [1.82, 2.24) is 9.88 Å². The Labute approximate surface area is 239 Å². The Morgan fingerprint density at radius 1 is 0.805 bits per heavy atom. The summed E-state index contributed by atoms with van der Waals surface area (Å²) < 4.78 is 5.60. The molecule has 1 heterocycles. The fraction of sp³-hybridized carbons (Fsp3) is 0.212. The number of hydrogen-bond donors (Lipinski definition) is 1. The first-order chi connectivity index (χ1) is 19.9. The van der Waals surface area contributed by atoms with Crippen molar-refractivity contribution >= 4 is 23.6 Å². The predicted molar refractivity (Wildman–Crippen MR) is 158 cm³/mol. The van der Waals surface area contributed by atoms with Gasteiger partial charge in [0.15, 0.2) is 0 Å². The summed E-state index contributed by atoms with van der Waals surface area (Å²) in [6, 6.07) is 27.2. The van der Waals surface area contributed by atoms with Crippen LogP contribution in [0.25, 0.3) is 11.1 Å². The average molecular weight is 552 g/mol. The minimum Gasteiger partial charge on any atom is -0.494 e. The van der Waals surface area contributed by atoms with Gasteiger partial charge in [-0.2, -0.15) is 0 Å². The molecule has 0 aliphatic rings. The molecule has 4 aromatic rings. The lowest BCUT2D eigenvalue weighted by Crippen LogP contribution is -2.35. The van der Waals surface area contributed by atoms with Gasteiger partial charge >= 0.3 is 5.97 Å². The zero-order valence-electron chi connectivity index (χ0n) is 23.2. The average Bonchev–Trinajstić information content (AvgIpc) is 3.01. The Hall–Kier alpha value is -4.98. The maximum Gasteiger partial charge on any atom is 0.305 e. The molecular weight excluding hydrogens is 518 g/mol. The highest BCUT2D eigenvalue weighted by atomic mass is 16.5. The number of carbonyl (C=O) groups is 3. The van der Waals surface area contributed by atoms with Gasteiger partial charge in [0.25, 0.3) is 11.8 Å². The van der Waals surface area contributed by atoms with Crippen LogP contribution in [0.4, 0.5) is 5.82 Å². The molecule has 0 radical (unpaired) electrons. The molecule has 0 aliphatic carbocycles. The number of aromatic nitrogens is 1. The maximum atomic E-state index is 14.0. The van der Waals surface area contributed by atoms with Crippen molar-refractivity contribution in [2.45, 2.75) is 19.8 Å². The Kier molecular flexibility index (Phi) is 9.83. The second-order valence-electron chi connectivity index (χ2n) is 9.41. The zero-order valence-corrected chi connectivity index (χ0v) is 23.2. The highest BCUT2D eigenvalue weighted by molar-refractivity contribution is 6.11. The van der Waals surface area contributed by atoms with Crippen LogP contribution in [-0.2, 0) is 11.2 Å². The van der Waals surface area contributed by atoms with Gasteiger partial charge in [0.2, 0.25) is 0 Å². The number of hydrogen-bond acceptors (Lipinski definition) is 5. The molecule has 0 unspecified atom stereocenters. The summed E-state index contributed by atoms with van der Waals surface area (Å²) in [6.45, 7) is 2.83. The molecule has 0 aliphatic heterocycles. The van der Waals surface area contributed by atoms with Gasteiger partial charge in [0.1, 0.15) is 11.6 Å². The molecule has 0 spiro atoms. The summed E-state index contributed by atoms with van der Waals surface area (Å²) in [5, 5.41) is 9.37. The quantitative estimate of drug-likeness (QED) is 0.247. The normalized spacial score (nSPS) is 10.6. The van der Waals surface area contributed by atoms with Crippen molar-refractivity contribution in [2.24, 2.45) is 0 Å². The number of ether oxygens (including phenoxy) is 1. The third kappa shape index (κ3) is 7.36. The van der Waals surface area contributed by atoms with Gasteiger partial charge in [-0.05, 0) is 66.4 Å². The summed E-state index contributed by atoms with van der Waals surface area (Å²) in [6.07, 6.45) is 1.97. The van der Waals surface area contributed by atoms with Crippen molar-refractivity contribution in [3.8, 4) is 16.9 Å². The second kappa shape index (κ2) is 13.9. The minimum atomic E-state index is -0.983. The molecule has 1 aromatic heterocycles. The van der Waals surface area contributed by atoms with Crippen molar-refractivity contribution in [3.05, 3.63) is 114 Å². The highest BCUT2D eigenvalue weighted by Gasteiger charge is 2.24. The number of aliphatic carboxylic acids is 1. The number of rotatable bonds is 12. The van der Waals surface area contributed by atoms with E-state index in [0.717, 1.165) is 11.3 Å². The Balaban J connectivity index is 1.65. The lowest BCUT2D eigenvalue weighted by Gasteiger charge is -2.24. The van der Waals surface area contributed by atoms with E-state index in [2.05, 4.69) is 4.98 Å². The summed E-state index contributed by atoms with van der Waals surface area (Å²) in [4.78, 5) is 46.3. The SMILES string of the molecule is CCOc1cccc(CCN(CCC(=O)O)C(=O)c2ccccc2-c2ccccc2C(=O)N(C)c2ccccn2)c1. The van der Waals surface area contributed by atoms with Crippen LogP contribution in [0.2, 0.25) is 0 Å². The Bertz CT molecular complexity index is 1510. The van der Waals surface area contributed by atoms with Crippen LogP contribution in [0.15, 0.2) is 97.2 Å². The van der Waals surface area contributed by atoms with Crippen molar-refractivity contribution in [3.63, 3.8) is 0 Å². The summed E-state index contributed by atoms with van der Waals surface area (Å²) >= 11 is 0. The lowest BCUT2D eigenvalue weighted by atomic mass is 9.94. The molecule has 0 saturated heterocycles. The molecule has 0 saturated carbocycles. The highest BCUT2D eigenvalue weighted by Crippen LogP contribution is 2.30. The van der Waals surface area contributed by atoms with Crippen LogP contribution >= 0.6 is 0 Å². The van der Waals surface area contributed by atoms with E-state index < -0.39 is 5.97 Å². The van der Waals surface area contributed by atoms with Gasteiger partial charge in [-0.1, -0.05) is 54.6 Å². The topological polar surface area (TPSA) is 100 Å². The lowest BCUT2D eigenvalue weighted by molar-refractivity contribution is -0.137. The van der Waals surface area contributed by atoms with Crippen LogP contribution in [0.3, 0.4) is 0 Å². The van der Waals surface area contributed by atoms with E-state index in [9.17, 15) is 19.5 Å². The van der Waals surface area contributed by atoms with Crippen LogP contribution in [0.1, 0.15) is 39.6 Å². The van der Waals surface area contributed by atoms with E-state index in [0.29, 0.717) is 47.6 Å². The fourth-order valence-corrected chi connectivity index (χ4v) is 4.58. The molecule has 0 fully saturated rings. The van der Waals surface area contributed by atoms with E-state index in [4.69, 9.17) is 4.74 Å². The van der Waals surface area contributed by atoms with Crippen molar-refractivity contribution in [1.29, 1.82) is 0 Å². The number of carboxylic acids is 1. The van der Waals surface area contributed by atoms with Crippen molar-refractivity contribution in [2.75, 3.05) is 31.6 Å². The number of carbonyl (C=O) groups excluding carboxylic acids is 2. The van der Waals surface area contributed by atoms with Gasteiger partial charge in [-0.15, -0.1) is 0 Å². The van der Waals surface area contributed by atoms with E-state index in [1.54, 1.807) is 60.6 Å². The van der Waals surface area contributed by atoms with E-state index in [1.165, 1.54) is 4.90 Å². The van der Waals surface area contributed by atoms with Gasteiger partial charge in [0, 0.05) is 37.5 Å². The van der Waals surface area contributed by atoms with Crippen LogP contribution < -0.4 is 9.64 Å². The van der Waals surface area contributed by atoms with E-state index in [1.807, 2.05) is 55.5 Å². The number of anilines is 1. The molecule has 3 aromatic carbocycles. The summed E-state index contributed by atoms with van der Waals surface area (Å²) in [7, 11) is 1.66. The first-order valence-electron chi connectivity index (χ1n) is 13.5. The molecule has 8 heteroatoms. The third-order valence-corrected chi connectivity index (χ3v) is 6.67. The van der Waals surface area contributed by atoms with Gasteiger partial charge < -0.3 is 14.7 Å². The first kappa shape index (κ1) is 29.0. The number of nitrogens with zero attached hydrogens (tertiary/aromatic N) is 3. The summed E-state index contributed by atoms with van der Waals surface area (Å²) in [5.41, 5.74) is 2.99. The molecule has 4 rings (SSSR count). The van der Waals surface area contributed by atoms with Crippen LogP contribution in [0.5, 0.6) is 5.75 Å². The summed E-state index contributed by atoms with van der Waals surface area (Å²) in [5.74, 6) is -0.301. The number of pyridine rings is 1. The van der Waals surface area contributed by atoms with Gasteiger partial charge in [0.05, 0.1) is 13.0 Å². The number of carboxylic acid groups (broad SMARTS) is 1. The molecule has 0 atom stereocenters. The standard InChI is InChI=1S/C33H33N3O5/c1-3-41-25-12-10-11-24(23-25)18-21-36(22-19-31(37)38)33(40)29-16-7-5-14-27(29)26-13-4-6-15-28(26)32(39)35(2)30-17-8-9-20-34-30/h4-17,20,23H,3,18-19,21-22H2,1-2H3,(H,37,38). The molecule has 8 nitrogen and oxygen atoms in total. The Morgan fingerprint density at radius 3 is 2.10 bits per heavy atom. The smallest absolute Gasteiger partial charge is 0.305 e. The van der Waals surface area contributed by atoms with E-state index >= 15 is 0 Å². The third-order valence-electron chi connectivity index (χ3n) is 6.67. The van der Waals surface area contributed by atoms with Crippen LogP contribution in [-0.4, -0.2) is 59.5 Å². The molecule has 1 N–H and O–H groups in total. The minimum absolute atomic E-state index is 0.0522. The fourth-order valence-electron chi connectivity index (χ4n) is 4.58. The van der Waals surface area contributed by atoms with E-state index in [-0.39, 0.29) is 24.8 Å². The molecular formula is C33H33N3O5. The molecule has 41 heavy (non-hydrogen) atoms. The van der Waals surface area contributed by atoms with Crippen molar-refractivity contribution < 1.29 is 24.2 Å². The molecule has 0 bridgehead atoms. The maximum absolute atomic E-state index is 14.0. The number of amides is 2. The van der Waals surface area contributed by atoms with Gasteiger partial charge in [-0.3, -0.25) is 19.3 Å². The zero-order chi connectivity index (χ0) is 29.2. The predicted octanol–water partition coefficient (Wildman–Crippen LogP) is 5.58. The first-order valence-corrected chi connectivity index (χ1v) is 13.5. The monoisotopic (exact) mass is 551 g/mol. The molecule has 2 amide bonds. The van der Waals surface area contributed by atoms with Crippen LogP contribution in [0, 0.1) is 0 Å². The van der Waals surface area contributed by atoms with Gasteiger partial charge in [-0.25, -0.2) is 4.98 Å². The Morgan fingerprint density at radius 2 is 1.46 bits per heavy atom. The second-order valence-corrected chi connectivity index (χ2v) is 9.41. The molecule has 210 valence electrons. The largest absolute Gasteiger partial charge is 0.494 e. The number of benzene rings is 3.